The highest BCUT2D eigenvalue weighted by molar-refractivity contribution is 6.41. The van der Waals surface area contributed by atoms with Crippen LogP contribution in [-0.2, 0) is 7.05 Å². The van der Waals surface area contributed by atoms with Crippen molar-refractivity contribution in [2.24, 2.45) is 7.05 Å². The molecule has 1 N–H and O–H groups in total. The minimum atomic E-state index is -2.67. The van der Waals surface area contributed by atoms with Gasteiger partial charge in [-0.3, -0.25) is 4.79 Å². The highest BCUT2D eigenvalue weighted by atomic mass is 35.5. The molecule has 0 saturated heterocycles. The summed E-state index contributed by atoms with van der Waals surface area (Å²) in [7, 11) is 1.50. The summed E-state index contributed by atoms with van der Waals surface area (Å²) < 4.78 is 26.0. The van der Waals surface area contributed by atoms with Gasteiger partial charge in [0.05, 0.1) is 18.2 Å². The second kappa shape index (κ2) is 6.36. The normalized spacial score (nSPS) is 11.1. The van der Waals surface area contributed by atoms with E-state index in [0.29, 0.717) is 0 Å². The number of hydrogen-bond donors (Lipinski definition) is 1. The molecule has 0 spiro atoms. The number of amides is 1. The number of aliphatic hydroxyl groups is 1. The molecule has 1 aromatic heterocycles. The molecule has 8 heteroatoms. The molecule has 0 aliphatic carbocycles. The van der Waals surface area contributed by atoms with Crippen molar-refractivity contribution in [2.45, 2.75) is 6.43 Å². The Morgan fingerprint density at radius 1 is 1.56 bits per heavy atom. The third-order valence-corrected chi connectivity index (χ3v) is 3.19. The van der Waals surface area contributed by atoms with E-state index in [0.717, 1.165) is 4.90 Å². The first kappa shape index (κ1) is 15.2. The number of carbonyl (C=O) groups excluding carboxylic acids is 1. The van der Waals surface area contributed by atoms with Crippen LogP contribution in [0.3, 0.4) is 0 Å². The van der Waals surface area contributed by atoms with Crippen molar-refractivity contribution in [2.75, 3.05) is 19.7 Å². The molecule has 0 radical (unpaired) electrons. The molecule has 0 fully saturated rings. The number of nitrogens with zero attached hydrogens (tertiary/aromatic N) is 2. The van der Waals surface area contributed by atoms with Gasteiger partial charge >= 0.3 is 0 Å². The average molecular weight is 301 g/mol. The Kier molecular flexibility index (Phi) is 5.37. The number of aromatic nitrogens is 1. The Morgan fingerprint density at radius 3 is 2.56 bits per heavy atom. The summed E-state index contributed by atoms with van der Waals surface area (Å²) in [6.45, 7) is -1.33. The number of rotatable bonds is 5. The van der Waals surface area contributed by atoms with Crippen molar-refractivity contribution in [1.82, 2.24) is 9.47 Å². The molecule has 0 aliphatic rings. The van der Waals surface area contributed by atoms with Crippen molar-refractivity contribution in [3.8, 4) is 0 Å². The van der Waals surface area contributed by atoms with Gasteiger partial charge < -0.3 is 14.6 Å². The van der Waals surface area contributed by atoms with E-state index in [1.54, 1.807) is 0 Å². The lowest BCUT2D eigenvalue weighted by Gasteiger charge is -2.21. The van der Waals surface area contributed by atoms with E-state index in [9.17, 15) is 13.6 Å². The number of halogens is 4. The molecule has 0 saturated carbocycles. The van der Waals surface area contributed by atoms with Gasteiger partial charge in [-0.2, -0.15) is 0 Å². The Hall–Kier alpha value is -0.850. The van der Waals surface area contributed by atoms with Crippen LogP contribution in [0, 0.1) is 0 Å². The third kappa shape index (κ3) is 3.34. The number of aliphatic hydroxyl groups excluding tert-OH is 1. The Morgan fingerprint density at radius 2 is 2.17 bits per heavy atom. The van der Waals surface area contributed by atoms with Gasteiger partial charge in [-0.25, -0.2) is 8.78 Å². The third-order valence-electron chi connectivity index (χ3n) is 2.35. The molecule has 0 aliphatic heterocycles. The monoisotopic (exact) mass is 300 g/mol. The molecule has 1 heterocycles. The summed E-state index contributed by atoms with van der Waals surface area (Å²) in [5, 5.41) is 9.10. The molecule has 1 amide bonds. The smallest absolute Gasteiger partial charge is 0.270 e. The zero-order valence-electron chi connectivity index (χ0n) is 9.54. The van der Waals surface area contributed by atoms with E-state index in [1.165, 1.54) is 17.7 Å². The summed E-state index contributed by atoms with van der Waals surface area (Å²) in [5.74, 6) is -0.652. The highest BCUT2D eigenvalue weighted by Crippen LogP contribution is 2.26. The lowest BCUT2D eigenvalue weighted by molar-refractivity contribution is 0.0501. The predicted octanol–water partition coefficient (Wildman–Crippen LogP) is 2.03. The van der Waals surface area contributed by atoms with E-state index in [-0.39, 0.29) is 22.4 Å². The number of hydrogen-bond acceptors (Lipinski definition) is 2. The SMILES string of the molecule is Cn1c(C(=O)N(CCO)CC(F)F)cc(Cl)c1Cl. The molecule has 0 aromatic carbocycles. The summed E-state index contributed by atoms with van der Waals surface area (Å²) in [6, 6.07) is 1.31. The minimum absolute atomic E-state index is 0.0964. The zero-order chi connectivity index (χ0) is 13.9. The largest absolute Gasteiger partial charge is 0.395 e. The minimum Gasteiger partial charge on any atom is -0.395 e. The van der Waals surface area contributed by atoms with Gasteiger partial charge in [-0.05, 0) is 6.07 Å². The van der Waals surface area contributed by atoms with Crippen LogP contribution in [0.4, 0.5) is 8.78 Å². The van der Waals surface area contributed by atoms with Crippen LogP contribution in [0.15, 0.2) is 6.07 Å². The van der Waals surface area contributed by atoms with Crippen molar-refractivity contribution in [3.05, 3.63) is 21.9 Å². The first-order valence-corrected chi connectivity index (χ1v) is 5.83. The van der Waals surface area contributed by atoms with Gasteiger partial charge in [-0.15, -0.1) is 0 Å². The molecule has 1 rings (SSSR count). The fraction of sp³-hybridized carbons (Fsp3) is 0.500. The quantitative estimate of drug-likeness (QED) is 0.904. The van der Waals surface area contributed by atoms with Gasteiger partial charge in [0.25, 0.3) is 12.3 Å². The van der Waals surface area contributed by atoms with Crippen molar-refractivity contribution in [3.63, 3.8) is 0 Å². The molecule has 1 aromatic rings. The van der Waals surface area contributed by atoms with Gasteiger partial charge in [0, 0.05) is 13.6 Å². The molecule has 0 atom stereocenters. The van der Waals surface area contributed by atoms with Crippen LogP contribution in [0.1, 0.15) is 10.5 Å². The van der Waals surface area contributed by atoms with Crippen molar-refractivity contribution < 1.29 is 18.7 Å². The van der Waals surface area contributed by atoms with Gasteiger partial charge in [0.1, 0.15) is 10.8 Å². The molecular formula is C10H12Cl2F2N2O2. The van der Waals surface area contributed by atoms with Crippen LogP contribution in [-0.4, -0.2) is 46.6 Å². The Bertz CT molecular complexity index is 438. The van der Waals surface area contributed by atoms with Crippen LogP contribution < -0.4 is 0 Å². The molecular weight excluding hydrogens is 289 g/mol. The van der Waals surface area contributed by atoms with Crippen molar-refractivity contribution >= 4 is 29.1 Å². The molecule has 18 heavy (non-hydrogen) atoms. The zero-order valence-corrected chi connectivity index (χ0v) is 11.0. The average Bonchev–Trinajstić information content (AvgIpc) is 2.55. The Labute approximate surface area is 113 Å². The van der Waals surface area contributed by atoms with Gasteiger partial charge in [-0.1, -0.05) is 23.2 Å². The van der Waals surface area contributed by atoms with E-state index >= 15 is 0 Å². The summed E-state index contributed by atoms with van der Waals surface area (Å²) >= 11 is 11.5. The molecule has 0 unspecified atom stereocenters. The first-order chi connectivity index (χ1) is 8.38. The maximum atomic E-state index is 12.3. The number of carbonyl (C=O) groups is 1. The lowest BCUT2D eigenvalue weighted by atomic mass is 10.3. The lowest BCUT2D eigenvalue weighted by Crippen LogP contribution is -2.38. The number of alkyl halides is 2. The second-order valence-corrected chi connectivity index (χ2v) is 4.36. The van der Waals surface area contributed by atoms with E-state index in [4.69, 9.17) is 28.3 Å². The molecule has 102 valence electrons. The maximum Gasteiger partial charge on any atom is 0.270 e. The van der Waals surface area contributed by atoms with Gasteiger partial charge in [0.2, 0.25) is 0 Å². The summed E-state index contributed by atoms with van der Waals surface area (Å²) in [4.78, 5) is 12.9. The Balaban J connectivity index is 2.98. The fourth-order valence-corrected chi connectivity index (χ4v) is 1.85. The second-order valence-electron chi connectivity index (χ2n) is 3.59. The molecule has 4 nitrogen and oxygen atoms in total. The highest BCUT2D eigenvalue weighted by Gasteiger charge is 2.23. The van der Waals surface area contributed by atoms with E-state index in [1.807, 2.05) is 0 Å². The molecule has 0 bridgehead atoms. The van der Waals surface area contributed by atoms with Gasteiger partial charge in [0.15, 0.2) is 0 Å². The van der Waals surface area contributed by atoms with Crippen LogP contribution in [0.2, 0.25) is 10.2 Å². The predicted molar refractivity (Wildman–Crippen MR) is 64.4 cm³/mol. The maximum absolute atomic E-state index is 12.3. The van der Waals surface area contributed by atoms with E-state index < -0.39 is 25.5 Å². The van der Waals surface area contributed by atoms with Crippen molar-refractivity contribution in [1.29, 1.82) is 0 Å². The standard InChI is InChI=1S/C10H12Cl2F2N2O2/c1-15-7(4-6(11)9(15)12)10(18)16(2-3-17)5-8(13)14/h4,8,17H,2-3,5H2,1H3. The van der Waals surface area contributed by atoms with E-state index in [2.05, 4.69) is 0 Å². The topological polar surface area (TPSA) is 45.5 Å². The van der Waals surface area contributed by atoms with Crippen LogP contribution >= 0.6 is 23.2 Å². The summed E-state index contributed by atoms with van der Waals surface area (Å²) in [5.41, 5.74) is 0.0964. The van der Waals surface area contributed by atoms with Crippen LogP contribution in [0.5, 0.6) is 0 Å². The fourth-order valence-electron chi connectivity index (χ4n) is 1.47. The summed E-state index contributed by atoms with van der Waals surface area (Å²) in [6.07, 6.45) is -2.67. The van der Waals surface area contributed by atoms with Crippen LogP contribution in [0.25, 0.3) is 0 Å². The first-order valence-electron chi connectivity index (χ1n) is 5.07.